The summed E-state index contributed by atoms with van der Waals surface area (Å²) in [7, 11) is 0. The molecule has 1 aromatic carbocycles. The van der Waals surface area contributed by atoms with Crippen LogP contribution in [0.25, 0.3) is 10.4 Å². The van der Waals surface area contributed by atoms with E-state index in [0.29, 0.717) is 0 Å². The fourth-order valence-electron chi connectivity index (χ4n) is 1.69. The highest BCUT2D eigenvalue weighted by Gasteiger charge is 2.03. The van der Waals surface area contributed by atoms with Gasteiger partial charge in [0, 0.05) is 4.88 Å². The average molecular weight is 202 g/mol. The molecule has 0 saturated heterocycles. The van der Waals surface area contributed by atoms with Crippen LogP contribution < -0.4 is 0 Å². The molecule has 2 aromatic rings. The van der Waals surface area contributed by atoms with Crippen LogP contribution in [0.15, 0.2) is 35.7 Å². The molecule has 0 spiro atoms. The first kappa shape index (κ1) is 9.47. The van der Waals surface area contributed by atoms with Gasteiger partial charge >= 0.3 is 0 Å². The summed E-state index contributed by atoms with van der Waals surface area (Å²) in [6.45, 7) is 4.36. The minimum absolute atomic E-state index is 1.11. The van der Waals surface area contributed by atoms with Gasteiger partial charge in [-0.25, -0.2) is 0 Å². The molecule has 0 saturated carbocycles. The van der Waals surface area contributed by atoms with Gasteiger partial charge in [0.05, 0.1) is 0 Å². The standard InChI is InChI=1S/C13H14S/c1-3-11-9-10(2)6-7-12(11)13-5-4-8-14-13/h4-9H,3H2,1-2H3. The highest BCUT2D eigenvalue weighted by molar-refractivity contribution is 7.13. The zero-order valence-electron chi connectivity index (χ0n) is 8.58. The Balaban J connectivity index is 2.53. The number of hydrogen-bond acceptors (Lipinski definition) is 1. The lowest BCUT2D eigenvalue weighted by atomic mass is 10.0. The Morgan fingerprint density at radius 1 is 1.21 bits per heavy atom. The summed E-state index contributed by atoms with van der Waals surface area (Å²) >= 11 is 1.81. The van der Waals surface area contributed by atoms with Crippen molar-refractivity contribution in [3.8, 4) is 10.4 Å². The third-order valence-corrected chi connectivity index (χ3v) is 3.33. The van der Waals surface area contributed by atoms with E-state index in [9.17, 15) is 0 Å². The van der Waals surface area contributed by atoms with Crippen LogP contribution in [0.4, 0.5) is 0 Å². The van der Waals surface area contributed by atoms with E-state index < -0.39 is 0 Å². The van der Waals surface area contributed by atoms with Crippen molar-refractivity contribution in [3.05, 3.63) is 46.8 Å². The van der Waals surface area contributed by atoms with Gasteiger partial charge in [-0.1, -0.05) is 36.8 Å². The predicted molar refractivity (Wildman–Crippen MR) is 63.9 cm³/mol. The molecule has 72 valence electrons. The molecule has 0 nitrogen and oxygen atoms in total. The molecule has 1 heterocycles. The fourth-order valence-corrected chi connectivity index (χ4v) is 2.47. The van der Waals surface area contributed by atoms with Gasteiger partial charge in [-0.15, -0.1) is 11.3 Å². The van der Waals surface area contributed by atoms with Crippen LogP contribution >= 0.6 is 11.3 Å². The number of aryl methyl sites for hydroxylation is 2. The first-order chi connectivity index (χ1) is 6.81. The summed E-state index contributed by atoms with van der Waals surface area (Å²) in [6, 6.07) is 11.0. The first-order valence-electron chi connectivity index (χ1n) is 4.94. The summed E-state index contributed by atoms with van der Waals surface area (Å²) in [4.78, 5) is 1.38. The number of thiophene rings is 1. The molecule has 14 heavy (non-hydrogen) atoms. The first-order valence-corrected chi connectivity index (χ1v) is 5.82. The van der Waals surface area contributed by atoms with Crippen LogP contribution in [0.5, 0.6) is 0 Å². The van der Waals surface area contributed by atoms with Gasteiger partial charge in [-0.3, -0.25) is 0 Å². The molecule has 0 atom stereocenters. The quantitative estimate of drug-likeness (QED) is 0.681. The zero-order chi connectivity index (χ0) is 9.97. The van der Waals surface area contributed by atoms with Crippen LogP contribution in [0.1, 0.15) is 18.1 Å². The van der Waals surface area contributed by atoms with E-state index in [0.717, 1.165) is 6.42 Å². The second kappa shape index (κ2) is 3.97. The molecular weight excluding hydrogens is 188 g/mol. The van der Waals surface area contributed by atoms with Gasteiger partial charge in [0.2, 0.25) is 0 Å². The number of benzene rings is 1. The Labute approximate surface area is 89.2 Å². The Hall–Kier alpha value is -1.08. The van der Waals surface area contributed by atoms with E-state index in [1.54, 1.807) is 0 Å². The van der Waals surface area contributed by atoms with Crippen LogP contribution in [0, 0.1) is 6.92 Å². The van der Waals surface area contributed by atoms with E-state index in [1.807, 2.05) is 11.3 Å². The number of hydrogen-bond donors (Lipinski definition) is 0. The van der Waals surface area contributed by atoms with Gasteiger partial charge in [0.25, 0.3) is 0 Å². The van der Waals surface area contributed by atoms with Gasteiger partial charge in [-0.05, 0) is 35.9 Å². The molecule has 1 heteroatoms. The van der Waals surface area contributed by atoms with Crippen molar-refractivity contribution in [2.75, 3.05) is 0 Å². The largest absolute Gasteiger partial charge is 0.144 e. The topological polar surface area (TPSA) is 0 Å². The lowest BCUT2D eigenvalue weighted by Crippen LogP contribution is -1.86. The van der Waals surface area contributed by atoms with Crippen LogP contribution in [-0.4, -0.2) is 0 Å². The second-order valence-corrected chi connectivity index (χ2v) is 4.44. The van der Waals surface area contributed by atoms with E-state index >= 15 is 0 Å². The Morgan fingerprint density at radius 2 is 2.07 bits per heavy atom. The maximum Gasteiger partial charge on any atom is 0.0345 e. The van der Waals surface area contributed by atoms with Crippen LogP contribution in [0.3, 0.4) is 0 Å². The van der Waals surface area contributed by atoms with Crippen molar-refractivity contribution in [1.82, 2.24) is 0 Å². The summed E-state index contributed by atoms with van der Waals surface area (Å²) in [6.07, 6.45) is 1.11. The lowest BCUT2D eigenvalue weighted by molar-refractivity contribution is 1.14. The van der Waals surface area contributed by atoms with Gasteiger partial charge in [0.1, 0.15) is 0 Å². The average Bonchev–Trinajstić information content (AvgIpc) is 2.70. The molecule has 0 aliphatic rings. The Morgan fingerprint density at radius 3 is 2.71 bits per heavy atom. The monoisotopic (exact) mass is 202 g/mol. The molecular formula is C13H14S. The third kappa shape index (κ3) is 1.73. The summed E-state index contributed by atoms with van der Waals surface area (Å²) in [5.41, 5.74) is 4.20. The van der Waals surface area contributed by atoms with Gasteiger partial charge in [0.15, 0.2) is 0 Å². The molecule has 2 rings (SSSR count). The smallest absolute Gasteiger partial charge is 0.0345 e. The summed E-state index contributed by atoms with van der Waals surface area (Å²) in [5.74, 6) is 0. The van der Waals surface area contributed by atoms with E-state index in [-0.39, 0.29) is 0 Å². The molecule has 0 bridgehead atoms. The van der Waals surface area contributed by atoms with E-state index in [1.165, 1.54) is 21.6 Å². The van der Waals surface area contributed by atoms with E-state index in [2.05, 4.69) is 49.6 Å². The Bertz CT molecular complexity index is 413. The lowest BCUT2D eigenvalue weighted by Gasteiger charge is -2.06. The van der Waals surface area contributed by atoms with Gasteiger partial charge in [-0.2, -0.15) is 0 Å². The SMILES string of the molecule is CCc1cc(C)ccc1-c1cccs1. The molecule has 0 N–H and O–H groups in total. The molecule has 0 radical (unpaired) electrons. The molecule has 0 aliphatic heterocycles. The van der Waals surface area contributed by atoms with E-state index in [4.69, 9.17) is 0 Å². The van der Waals surface area contributed by atoms with Crippen LogP contribution in [0.2, 0.25) is 0 Å². The highest BCUT2D eigenvalue weighted by atomic mass is 32.1. The van der Waals surface area contributed by atoms with Crippen molar-refractivity contribution < 1.29 is 0 Å². The predicted octanol–water partition coefficient (Wildman–Crippen LogP) is 4.29. The van der Waals surface area contributed by atoms with Crippen molar-refractivity contribution in [3.63, 3.8) is 0 Å². The fraction of sp³-hybridized carbons (Fsp3) is 0.231. The highest BCUT2D eigenvalue weighted by Crippen LogP contribution is 2.28. The van der Waals surface area contributed by atoms with Crippen molar-refractivity contribution in [1.29, 1.82) is 0 Å². The second-order valence-electron chi connectivity index (χ2n) is 3.49. The van der Waals surface area contributed by atoms with Crippen molar-refractivity contribution in [2.45, 2.75) is 20.3 Å². The molecule has 1 aromatic heterocycles. The minimum Gasteiger partial charge on any atom is -0.144 e. The number of rotatable bonds is 2. The normalized spacial score (nSPS) is 10.4. The van der Waals surface area contributed by atoms with Gasteiger partial charge < -0.3 is 0 Å². The maximum atomic E-state index is 2.29. The maximum absolute atomic E-state index is 2.29. The third-order valence-electron chi connectivity index (χ3n) is 2.43. The summed E-state index contributed by atoms with van der Waals surface area (Å²) < 4.78 is 0. The van der Waals surface area contributed by atoms with Crippen LogP contribution in [-0.2, 0) is 6.42 Å². The molecule has 0 fully saturated rings. The molecule has 0 amide bonds. The summed E-state index contributed by atoms with van der Waals surface area (Å²) in [5, 5.41) is 2.13. The Kier molecular flexibility index (Phi) is 2.69. The minimum atomic E-state index is 1.11. The van der Waals surface area contributed by atoms with Crippen molar-refractivity contribution in [2.24, 2.45) is 0 Å². The molecule has 0 aliphatic carbocycles. The molecule has 0 unspecified atom stereocenters. The van der Waals surface area contributed by atoms with Crippen molar-refractivity contribution >= 4 is 11.3 Å². The zero-order valence-corrected chi connectivity index (χ0v) is 9.40.